The Morgan fingerprint density at radius 3 is 2.75 bits per heavy atom. The van der Waals surface area contributed by atoms with Crippen molar-refractivity contribution in [3.05, 3.63) is 28.3 Å². The zero-order valence-electron chi connectivity index (χ0n) is 15.8. The minimum absolute atomic E-state index is 0.0901. The van der Waals surface area contributed by atoms with E-state index in [0.29, 0.717) is 13.0 Å². The number of nitrogens with one attached hydrogen (secondary N) is 1. The summed E-state index contributed by atoms with van der Waals surface area (Å²) in [5, 5.41) is 13.4. The Hall–Kier alpha value is -3.17. The van der Waals surface area contributed by atoms with Gasteiger partial charge in [0.15, 0.2) is 6.10 Å². The van der Waals surface area contributed by atoms with Crippen LogP contribution in [-0.4, -0.2) is 53.9 Å². The van der Waals surface area contributed by atoms with Crippen LogP contribution in [0, 0.1) is 10.1 Å². The minimum Gasteiger partial charge on any atom is -0.495 e. The molecule has 0 spiro atoms. The van der Waals surface area contributed by atoms with Crippen LogP contribution >= 0.6 is 0 Å². The number of carbonyl (C=O) groups excluding carboxylic acids is 3. The van der Waals surface area contributed by atoms with Crippen molar-refractivity contribution in [3.63, 3.8) is 0 Å². The molecule has 0 aromatic heterocycles. The highest BCUT2D eigenvalue weighted by molar-refractivity contribution is 5.96. The second-order valence-corrected chi connectivity index (χ2v) is 6.39. The van der Waals surface area contributed by atoms with Crippen molar-refractivity contribution in [2.75, 3.05) is 25.5 Å². The Balaban J connectivity index is 1.97. The smallest absolute Gasteiger partial charge is 0.326 e. The van der Waals surface area contributed by atoms with Crippen molar-refractivity contribution in [2.24, 2.45) is 0 Å². The van der Waals surface area contributed by atoms with E-state index < -0.39 is 22.9 Å². The summed E-state index contributed by atoms with van der Waals surface area (Å²) in [7, 11) is 1.36. The summed E-state index contributed by atoms with van der Waals surface area (Å²) < 4.78 is 10.2. The highest BCUT2D eigenvalue weighted by Gasteiger charge is 2.24. The Morgan fingerprint density at radius 2 is 2.07 bits per heavy atom. The number of non-ortho nitro benzene ring substituents is 1. The van der Waals surface area contributed by atoms with Crippen molar-refractivity contribution >= 4 is 29.2 Å². The van der Waals surface area contributed by atoms with Crippen molar-refractivity contribution in [2.45, 2.75) is 38.7 Å². The van der Waals surface area contributed by atoms with Gasteiger partial charge in [0.1, 0.15) is 12.3 Å². The Bertz CT molecular complexity index is 766. The lowest BCUT2D eigenvalue weighted by atomic mass is 10.2. The highest BCUT2D eigenvalue weighted by Crippen LogP contribution is 2.29. The second-order valence-electron chi connectivity index (χ2n) is 6.39. The molecule has 1 saturated heterocycles. The van der Waals surface area contributed by atoms with E-state index in [0.717, 1.165) is 25.3 Å². The van der Waals surface area contributed by atoms with Crippen LogP contribution in [0.4, 0.5) is 11.4 Å². The average molecular weight is 393 g/mol. The number of carbonyl (C=O) groups is 3. The zero-order chi connectivity index (χ0) is 20.7. The summed E-state index contributed by atoms with van der Waals surface area (Å²) in [6.07, 6.45) is 1.80. The number of amides is 2. The predicted octanol–water partition coefficient (Wildman–Crippen LogP) is 1.88. The van der Waals surface area contributed by atoms with Crippen LogP contribution in [0.1, 0.15) is 32.6 Å². The molecule has 1 atom stereocenters. The molecule has 152 valence electrons. The number of hydrogen-bond acceptors (Lipinski definition) is 7. The first-order valence-corrected chi connectivity index (χ1v) is 8.92. The molecule has 10 nitrogen and oxygen atoms in total. The Labute approximate surface area is 161 Å². The number of nitro benzene ring substituents is 1. The third-order valence-corrected chi connectivity index (χ3v) is 4.32. The van der Waals surface area contributed by atoms with Gasteiger partial charge in [0.05, 0.1) is 17.7 Å². The molecule has 0 radical (unpaired) electrons. The van der Waals surface area contributed by atoms with Crippen LogP contribution in [0.25, 0.3) is 0 Å². The van der Waals surface area contributed by atoms with E-state index in [2.05, 4.69) is 5.32 Å². The largest absolute Gasteiger partial charge is 0.495 e. The standard InChI is InChI=1S/C18H23N3O7/c1-12(28-17(23)11-20-9-5-3-4-6-16(20)22)18(24)19-14-10-13(21(25)26)7-8-15(14)27-2/h7-8,10,12H,3-6,9,11H2,1-2H3,(H,19,24)/t12-/m1/s1. The molecule has 28 heavy (non-hydrogen) atoms. The van der Waals surface area contributed by atoms with E-state index in [1.807, 2.05) is 0 Å². The summed E-state index contributed by atoms with van der Waals surface area (Å²) in [6, 6.07) is 3.76. The number of hydrogen-bond donors (Lipinski definition) is 1. The lowest BCUT2D eigenvalue weighted by Crippen LogP contribution is -2.38. The minimum atomic E-state index is -1.15. The van der Waals surface area contributed by atoms with Gasteiger partial charge in [0.25, 0.3) is 11.6 Å². The molecule has 1 aromatic carbocycles. The number of methoxy groups -OCH3 is 1. The normalized spacial score (nSPS) is 15.4. The first kappa shape index (κ1) is 21.1. The number of anilines is 1. The maximum absolute atomic E-state index is 12.3. The molecule has 0 bridgehead atoms. The molecular weight excluding hydrogens is 370 g/mol. The van der Waals surface area contributed by atoms with Crippen LogP contribution in [0.5, 0.6) is 5.75 Å². The number of nitro groups is 1. The Morgan fingerprint density at radius 1 is 1.32 bits per heavy atom. The van der Waals surface area contributed by atoms with Gasteiger partial charge in [-0.25, -0.2) is 0 Å². The Kier molecular flexibility index (Phi) is 7.30. The van der Waals surface area contributed by atoms with E-state index in [-0.39, 0.29) is 29.6 Å². The van der Waals surface area contributed by atoms with Gasteiger partial charge in [-0.3, -0.25) is 24.5 Å². The first-order valence-electron chi connectivity index (χ1n) is 8.92. The molecule has 2 amide bonds. The molecule has 2 rings (SSSR count). The van der Waals surface area contributed by atoms with Gasteiger partial charge in [-0.15, -0.1) is 0 Å². The molecule has 1 aromatic rings. The topological polar surface area (TPSA) is 128 Å². The van der Waals surface area contributed by atoms with Crippen molar-refractivity contribution in [3.8, 4) is 5.75 Å². The fraction of sp³-hybridized carbons (Fsp3) is 0.500. The zero-order valence-corrected chi connectivity index (χ0v) is 15.8. The van der Waals surface area contributed by atoms with Crippen molar-refractivity contribution < 1.29 is 28.8 Å². The fourth-order valence-corrected chi connectivity index (χ4v) is 2.79. The molecule has 1 heterocycles. The average Bonchev–Trinajstić information content (AvgIpc) is 2.85. The maximum Gasteiger partial charge on any atom is 0.326 e. The second kappa shape index (κ2) is 9.67. The lowest BCUT2D eigenvalue weighted by Gasteiger charge is -2.21. The number of benzene rings is 1. The van der Waals surface area contributed by atoms with Gasteiger partial charge in [0.2, 0.25) is 5.91 Å². The molecule has 0 saturated carbocycles. The summed E-state index contributed by atoms with van der Waals surface area (Å²) in [6.45, 7) is 1.65. The van der Waals surface area contributed by atoms with Crippen LogP contribution in [0.2, 0.25) is 0 Å². The SMILES string of the molecule is COc1ccc([N+](=O)[O-])cc1NC(=O)[C@@H](C)OC(=O)CN1CCCCCC1=O. The van der Waals surface area contributed by atoms with E-state index in [4.69, 9.17) is 9.47 Å². The van der Waals surface area contributed by atoms with Gasteiger partial charge in [0, 0.05) is 25.1 Å². The molecule has 1 fully saturated rings. The summed E-state index contributed by atoms with van der Waals surface area (Å²) in [5.41, 5.74) is -0.132. The van der Waals surface area contributed by atoms with Gasteiger partial charge in [-0.1, -0.05) is 6.42 Å². The molecule has 1 aliphatic rings. The quantitative estimate of drug-likeness (QED) is 0.425. The third kappa shape index (κ3) is 5.66. The summed E-state index contributed by atoms with van der Waals surface area (Å²) in [5.74, 6) is -1.24. The third-order valence-electron chi connectivity index (χ3n) is 4.32. The van der Waals surface area contributed by atoms with Crippen LogP contribution in [0.15, 0.2) is 18.2 Å². The maximum atomic E-state index is 12.3. The van der Waals surface area contributed by atoms with E-state index in [1.165, 1.54) is 31.1 Å². The number of likely N-dealkylation sites (tertiary alicyclic amines) is 1. The van der Waals surface area contributed by atoms with Crippen molar-refractivity contribution in [1.29, 1.82) is 0 Å². The monoisotopic (exact) mass is 393 g/mol. The summed E-state index contributed by atoms with van der Waals surface area (Å²) in [4.78, 5) is 48.1. The molecular formula is C18H23N3O7. The van der Waals surface area contributed by atoms with Crippen LogP contribution in [0.3, 0.4) is 0 Å². The lowest BCUT2D eigenvalue weighted by molar-refractivity contribution is -0.384. The number of nitrogens with zero attached hydrogens (tertiary/aromatic N) is 2. The van der Waals surface area contributed by atoms with E-state index in [9.17, 15) is 24.5 Å². The molecule has 1 N–H and O–H groups in total. The number of rotatable bonds is 7. The molecule has 0 unspecified atom stereocenters. The predicted molar refractivity (Wildman–Crippen MR) is 98.9 cm³/mol. The fourth-order valence-electron chi connectivity index (χ4n) is 2.79. The highest BCUT2D eigenvalue weighted by atomic mass is 16.6. The number of ether oxygens (including phenoxy) is 2. The van der Waals surface area contributed by atoms with Gasteiger partial charge in [-0.05, 0) is 25.8 Å². The van der Waals surface area contributed by atoms with Crippen LogP contribution in [-0.2, 0) is 19.1 Å². The molecule has 0 aliphatic carbocycles. The van der Waals surface area contributed by atoms with Crippen molar-refractivity contribution in [1.82, 2.24) is 4.90 Å². The van der Waals surface area contributed by atoms with Gasteiger partial charge < -0.3 is 19.7 Å². The van der Waals surface area contributed by atoms with Gasteiger partial charge >= 0.3 is 5.97 Å². The van der Waals surface area contributed by atoms with Gasteiger partial charge in [-0.2, -0.15) is 0 Å². The van der Waals surface area contributed by atoms with E-state index in [1.54, 1.807) is 0 Å². The summed E-state index contributed by atoms with van der Waals surface area (Å²) >= 11 is 0. The first-order chi connectivity index (χ1) is 13.3. The molecule has 1 aliphatic heterocycles. The van der Waals surface area contributed by atoms with E-state index >= 15 is 0 Å². The number of esters is 1. The molecule has 10 heteroatoms. The van der Waals surface area contributed by atoms with Crippen LogP contribution < -0.4 is 10.1 Å².